The van der Waals surface area contributed by atoms with Crippen LogP contribution in [0, 0.1) is 5.92 Å². The first kappa shape index (κ1) is 16.6. The predicted octanol–water partition coefficient (Wildman–Crippen LogP) is 2.22. The smallest absolute Gasteiger partial charge is 0.226 e. The predicted molar refractivity (Wildman–Crippen MR) is 84.7 cm³/mol. The Morgan fingerprint density at radius 2 is 2.00 bits per heavy atom. The molecule has 120 valence electrons. The van der Waals surface area contributed by atoms with Crippen molar-refractivity contribution in [2.75, 3.05) is 13.2 Å². The molecule has 0 bridgehead atoms. The lowest BCUT2D eigenvalue weighted by Crippen LogP contribution is -2.48. The van der Waals surface area contributed by atoms with E-state index in [1.807, 2.05) is 6.92 Å². The number of nitrogens with zero attached hydrogens (tertiary/aromatic N) is 1. The highest BCUT2D eigenvalue weighted by Crippen LogP contribution is 2.22. The Bertz CT molecular complexity index is 533. The number of hydrogen-bond acceptors (Lipinski definition) is 3. The Morgan fingerprint density at radius 1 is 1.32 bits per heavy atom. The highest BCUT2D eigenvalue weighted by molar-refractivity contribution is 6.30. The van der Waals surface area contributed by atoms with Crippen molar-refractivity contribution in [2.45, 2.75) is 32.2 Å². The third-order valence-corrected chi connectivity index (χ3v) is 4.26. The number of carbonyl (C=O) groups excluding carboxylic acids is 2. The largest absolute Gasteiger partial charge is 0.493 e. The number of carbonyl (C=O) groups is 2. The fourth-order valence-corrected chi connectivity index (χ4v) is 2.74. The van der Waals surface area contributed by atoms with Gasteiger partial charge in [0.1, 0.15) is 5.75 Å². The van der Waals surface area contributed by atoms with Crippen LogP contribution in [0.4, 0.5) is 0 Å². The molecule has 1 heterocycles. The average Bonchev–Trinajstić information content (AvgIpc) is 2.49. The zero-order valence-corrected chi connectivity index (χ0v) is 13.4. The summed E-state index contributed by atoms with van der Waals surface area (Å²) < 4.78 is 5.53. The Hall–Kier alpha value is -1.75. The van der Waals surface area contributed by atoms with Crippen LogP contribution >= 0.6 is 11.6 Å². The molecular weight excluding hydrogens is 304 g/mol. The number of nitrogens with two attached hydrogens (primary N) is 1. The Kier molecular flexibility index (Phi) is 5.66. The van der Waals surface area contributed by atoms with Gasteiger partial charge in [-0.25, -0.2) is 0 Å². The number of likely N-dealkylation sites (tertiary alicyclic amines) is 1. The minimum Gasteiger partial charge on any atom is -0.493 e. The van der Waals surface area contributed by atoms with Crippen LogP contribution in [-0.4, -0.2) is 35.9 Å². The van der Waals surface area contributed by atoms with Crippen molar-refractivity contribution in [3.63, 3.8) is 0 Å². The van der Waals surface area contributed by atoms with Crippen LogP contribution < -0.4 is 10.5 Å². The number of primary amides is 1. The van der Waals surface area contributed by atoms with E-state index in [1.54, 1.807) is 29.2 Å². The molecule has 0 saturated carbocycles. The SMILES string of the molecule is C[C@H]1CC[C@@H](C(N)=O)CN1C(=O)CCOc1ccc(Cl)cc1. The van der Waals surface area contributed by atoms with Crippen LogP contribution in [0.25, 0.3) is 0 Å². The van der Waals surface area contributed by atoms with Crippen molar-refractivity contribution in [2.24, 2.45) is 11.7 Å². The zero-order chi connectivity index (χ0) is 16.1. The van der Waals surface area contributed by atoms with Gasteiger partial charge in [0.25, 0.3) is 0 Å². The monoisotopic (exact) mass is 324 g/mol. The number of hydrogen-bond donors (Lipinski definition) is 1. The van der Waals surface area contributed by atoms with Crippen LogP contribution in [-0.2, 0) is 9.59 Å². The molecular formula is C16H21ClN2O3. The van der Waals surface area contributed by atoms with Crippen LogP contribution in [0.15, 0.2) is 24.3 Å². The van der Waals surface area contributed by atoms with E-state index < -0.39 is 0 Å². The third-order valence-electron chi connectivity index (χ3n) is 4.00. The van der Waals surface area contributed by atoms with E-state index in [0.29, 0.717) is 23.9 Å². The van der Waals surface area contributed by atoms with Crippen molar-refractivity contribution >= 4 is 23.4 Å². The van der Waals surface area contributed by atoms with Crippen LogP contribution in [0.5, 0.6) is 5.75 Å². The van der Waals surface area contributed by atoms with Gasteiger partial charge in [-0.1, -0.05) is 11.6 Å². The molecule has 1 aliphatic rings. The van der Waals surface area contributed by atoms with Crippen molar-refractivity contribution in [1.29, 1.82) is 0 Å². The fraction of sp³-hybridized carbons (Fsp3) is 0.500. The second kappa shape index (κ2) is 7.49. The van der Waals surface area contributed by atoms with Gasteiger partial charge in [0.05, 0.1) is 18.9 Å². The molecule has 1 aromatic carbocycles. The van der Waals surface area contributed by atoms with E-state index in [-0.39, 0.29) is 30.2 Å². The number of amides is 2. The Morgan fingerprint density at radius 3 is 2.64 bits per heavy atom. The molecule has 2 N–H and O–H groups in total. The molecule has 2 atom stereocenters. The van der Waals surface area contributed by atoms with E-state index in [2.05, 4.69) is 0 Å². The first-order valence-electron chi connectivity index (χ1n) is 7.44. The maximum Gasteiger partial charge on any atom is 0.226 e. The minimum atomic E-state index is -0.331. The fourth-order valence-electron chi connectivity index (χ4n) is 2.62. The molecule has 22 heavy (non-hydrogen) atoms. The normalized spacial score (nSPS) is 21.5. The van der Waals surface area contributed by atoms with Crippen molar-refractivity contribution < 1.29 is 14.3 Å². The lowest BCUT2D eigenvalue weighted by Gasteiger charge is -2.37. The summed E-state index contributed by atoms with van der Waals surface area (Å²) in [6.07, 6.45) is 1.83. The summed E-state index contributed by atoms with van der Waals surface area (Å²) >= 11 is 5.80. The van der Waals surface area contributed by atoms with Gasteiger partial charge in [0, 0.05) is 17.6 Å². The van der Waals surface area contributed by atoms with Crippen LogP contribution in [0.2, 0.25) is 5.02 Å². The number of benzene rings is 1. The van der Waals surface area contributed by atoms with Gasteiger partial charge >= 0.3 is 0 Å². The van der Waals surface area contributed by atoms with E-state index in [1.165, 1.54) is 0 Å². The lowest BCUT2D eigenvalue weighted by molar-refractivity contribution is -0.138. The minimum absolute atomic E-state index is 0.00702. The van der Waals surface area contributed by atoms with E-state index >= 15 is 0 Å². The quantitative estimate of drug-likeness (QED) is 0.902. The number of ether oxygens (including phenoxy) is 1. The van der Waals surface area contributed by atoms with Gasteiger partial charge in [-0.3, -0.25) is 9.59 Å². The number of piperidine rings is 1. The van der Waals surface area contributed by atoms with Crippen molar-refractivity contribution in [3.05, 3.63) is 29.3 Å². The van der Waals surface area contributed by atoms with Gasteiger partial charge in [-0.15, -0.1) is 0 Å². The summed E-state index contributed by atoms with van der Waals surface area (Å²) in [7, 11) is 0. The molecule has 6 heteroatoms. The van der Waals surface area contributed by atoms with Crippen molar-refractivity contribution in [3.8, 4) is 5.75 Å². The molecule has 2 rings (SSSR count). The maximum atomic E-state index is 12.3. The van der Waals surface area contributed by atoms with Gasteiger partial charge in [0.2, 0.25) is 11.8 Å². The van der Waals surface area contributed by atoms with Gasteiger partial charge < -0.3 is 15.4 Å². The standard InChI is InChI=1S/C16H21ClN2O3/c1-11-2-3-12(16(18)21)10-19(11)15(20)8-9-22-14-6-4-13(17)5-7-14/h4-7,11-12H,2-3,8-10H2,1H3,(H2,18,21)/t11-,12+/m0/s1. The summed E-state index contributed by atoms with van der Waals surface area (Å²) in [5.41, 5.74) is 5.35. The highest BCUT2D eigenvalue weighted by Gasteiger charge is 2.31. The Balaban J connectivity index is 1.82. The topological polar surface area (TPSA) is 72.6 Å². The summed E-state index contributed by atoms with van der Waals surface area (Å²) in [6.45, 7) is 2.70. The van der Waals surface area contributed by atoms with Crippen LogP contribution in [0.1, 0.15) is 26.2 Å². The average molecular weight is 325 g/mol. The van der Waals surface area contributed by atoms with E-state index in [4.69, 9.17) is 22.1 Å². The molecule has 0 radical (unpaired) electrons. The van der Waals surface area contributed by atoms with Gasteiger partial charge in [-0.2, -0.15) is 0 Å². The molecule has 0 spiro atoms. The molecule has 0 aliphatic carbocycles. The zero-order valence-electron chi connectivity index (χ0n) is 12.6. The molecule has 2 amide bonds. The van der Waals surface area contributed by atoms with Gasteiger partial charge in [0.15, 0.2) is 0 Å². The maximum absolute atomic E-state index is 12.3. The number of rotatable bonds is 5. The van der Waals surface area contributed by atoms with E-state index in [9.17, 15) is 9.59 Å². The summed E-state index contributed by atoms with van der Waals surface area (Å²) in [4.78, 5) is 25.3. The van der Waals surface area contributed by atoms with Crippen LogP contribution in [0.3, 0.4) is 0 Å². The second-order valence-electron chi connectivity index (χ2n) is 5.62. The van der Waals surface area contributed by atoms with E-state index in [0.717, 1.165) is 12.8 Å². The Labute approximate surface area is 135 Å². The first-order chi connectivity index (χ1) is 10.5. The molecule has 1 fully saturated rings. The molecule has 0 aromatic heterocycles. The highest BCUT2D eigenvalue weighted by atomic mass is 35.5. The van der Waals surface area contributed by atoms with Crippen molar-refractivity contribution in [1.82, 2.24) is 4.90 Å². The second-order valence-corrected chi connectivity index (χ2v) is 6.06. The molecule has 1 aromatic rings. The summed E-state index contributed by atoms with van der Waals surface area (Å²) in [5.74, 6) is 0.103. The first-order valence-corrected chi connectivity index (χ1v) is 7.82. The number of halogens is 1. The molecule has 1 saturated heterocycles. The molecule has 1 aliphatic heterocycles. The lowest BCUT2D eigenvalue weighted by atomic mass is 9.92. The summed E-state index contributed by atoms with van der Waals surface area (Å²) in [5, 5.41) is 0.642. The third kappa shape index (κ3) is 4.37. The summed E-state index contributed by atoms with van der Waals surface area (Å²) in [6, 6.07) is 7.14. The molecule has 5 nitrogen and oxygen atoms in total. The van der Waals surface area contributed by atoms with Gasteiger partial charge in [-0.05, 0) is 44.0 Å². The molecule has 0 unspecified atom stereocenters.